The van der Waals surface area contributed by atoms with Crippen LogP contribution in [0.4, 0.5) is 0 Å². The zero-order valence-electron chi connectivity index (χ0n) is 21.0. The van der Waals surface area contributed by atoms with Crippen molar-refractivity contribution in [3.63, 3.8) is 0 Å². The molecule has 3 fully saturated rings. The van der Waals surface area contributed by atoms with Crippen LogP contribution in [0, 0.1) is 46.3 Å². The Hall–Kier alpha value is -0.300. The maximum atomic E-state index is 11.1. The second-order valence-corrected chi connectivity index (χ2v) is 12.8. The van der Waals surface area contributed by atoms with Crippen LogP contribution in [0.15, 0.2) is 11.6 Å². The fraction of sp³-hybridized carbons (Fsp3) is 0.931. The highest BCUT2D eigenvalue weighted by atomic mass is 16.3. The van der Waals surface area contributed by atoms with Gasteiger partial charge in [0.15, 0.2) is 0 Å². The molecule has 4 aliphatic carbocycles. The molecule has 8 atom stereocenters. The van der Waals surface area contributed by atoms with Crippen LogP contribution in [0.5, 0.6) is 0 Å². The highest BCUT2D eigenvalue weighted by Gasteiger charge is 2.58. The van der Waals surface area contributed by atoms with Crippen molar-refractivity contribution >= 4 is 0 Å². The van der Waals surface area contributed by atoms with Crippen molar-refractivity contribution in [2.24, 2.45) is 46.3 Å². The predicted molar refractivity (Wildman–Crippen MR) is 128 cm³/mol. The van der Waals surface area contributed by atoms with Crippen molar-refractivity contribution in [2.75, 3.05) is 0 Å². The molecule has 8 unspecified atom stereocenters. The molecule has 0 aromatic carbocycles. The van der Waals surface area contributed by atoms with Gasteiger partial charge in [0.2, 0.25) is 0 Å². The maximum absolute atomic E-state index is 11.1. The molecular formula is C29H50O. The molecule has 0 spiro atoms. The Morgan fingerprint density at radius 1 is 1.07 bits per heavy atom. The molecule has 0 heterocycles. The number of hydrogen-bond donors (Lipinski definition) is 1. The second-order valence-electron chi connectivity index (χ2n) is 12.8. The lowest BCUT2D eigenvalue weighted by Crippen LogP contribution is -2.50. The number of hydrogen-bond acceptors (Lipinski definition) is 1. The largest absolute Gasteiger partial charge is 0.390 e. The van der Waals surface area contributed by atoms with Crippen LogP contribution in [0.2, 0.25) is 0 Å². The zero-order chi connectivity index (χ0) is 21.7. The molecule has 0 aromatic heterocycles. The Labute approximate surface area is 187 Å². The fourth-order valence-corrected chi connectivity index (χ4v) is 9.23. The van der Waals surface area contributed by atoms with Crippen LogP contribution in [-0.4, -0.2) is 10.7 Å². The second kappa shape index (κ2) is 8.24. The molecular weight excluding hydrogens is 364 g/mol. The Morgan fingerprint density at radius 2 is 1.83 bits per heavy atom. The third-order valence-corrected chi connectivity index (χ3v) is 11.5. The first-order chi connectivity index (χ1) is 14.2. The summed E-state index contributed by atoms with van der Waals surface area (Å²) >= 11 is 0. The van der Waals surface area contributed by atoms with Gasteiger partial charge < -0.3 is 5.11 Å². The van der Waals surface area contributed by atoms with Crippen molar-refractivity contribution in [1.29, 1.82) is 0 Å². The average Bonchev–Trinajstić information content (AvgIpc) is 3.08. The number of aliphatic hydroxyl groups is 1. The lowest BCUT2D eigenvalue weighted by molar-refractivity contribution is -0.0559. The summed E-state index contributed by atoms with van der Waals surface area (Å²) < 4.78 is 0. The normalized spacial score (nSPS) is 43.9. The van der Waals surface area contributed by atoms with E-state index >= 15 is 0 Å². The van der Waals surface area contributed by atoms with Crippen molar-refractivity contribution in [3.05, 3.63) is 11.6 Å². The lowest BCUT2D eigenvalue weighted by atomic mass is 9.47. The van der Waals surface area contributed by atoms with Crippen LogP contribution in [0.1, 0.15) is 119 Å². The molecule has 4 rings (SSSR count). The van der Waals surface area contributed by atoms with E-state index < -0.39 is 5.60 Å². The average molecular weight is 415 g/mol. The highest BCUT2D eigenvalue weighted by Crippen LogP contribution is 2.67. The molecule has 0 saturated heterocycles. The van der Waals surface area contributed by atoms with E-state index in [2.05, 4.69) is 47.6 Å². The molecule has 1 heteroatoms. The van der Waals surface area contributed by atoms with E-state index in [9.17, 15) is 5.11 Å². The molecule has 30 heavy (non-hydrogen) atoms. The summed E-state index contributed by atoms with van der Waals surface area (Å²) in [5.74, 6) is 4.80. The van der Waals surface area contributed by atoms with Gasteiger partial charge in [-0.05, 0) is 117 Å². The van der Waals surface area contributed by atoms with Crippen LogP contribution < -0.4 is 0 Å². The van der Waals surface area contributed by atoms with Gasteiger partial charge in [-0.1, -0.05) is 59.6 Å². The van der Waals surface area contributed by atoms with Gasteiger partial charge >= 0.3 is 0 Å². The fourth-order valence-electron chi connectivity index (χ4n) is 9.23. The van der Waals surface area contributed by atoms with Gasteiger partial charge in [0.05, 0.1) is 5.60 Å². The minimum absolute atomic E-state index is 0.358. The summed E-state index contributed by atoms with van der Waals surface area (Å²) in [5.41, 5.74) is 2.44. The van der Waals surface area contributed by atoms with E-state index in [0.29, 0.717) is 16.7 Å². The molecule has 172 valence electrons. The third kappa shape index (κ3) is 3.54. The van der Waals surface area contributed by atoms with E-state index in [0.717, 1.165) is 42.4 Å². The van der Waals surface area contributed by atoms with Gasteiger partial charge in [0.25, 0.3) is 0 Å². The lowest BCUT2D eigenvalue weighted by Gasteiger charge is -2.58. The van der Waals surface area contributed by atoms with E-state index in [1.165, 1.54) is 64.2 Å². The van der Waals surface area contributed by atoms with E-state index in [1.807, 2.05) is 5.57 Å². The minimum Gasteiger partial charge on any atom is -0.390 e. The van der Waals surface area contributed by atoms with Gasteiger partial charge in [0.1, 0.15) is 0 Å². The van der Waals surface area contributed by atoms with Gasteiger partial charge in [-0.2, -0.15) is 0 Å². The first-order valence-corrected chi connectivity index (χ1v) is 13.6. The molecule has 4 aliphatic rings. The molecule has 1 nitrogen and oxygen atoms in total. The van der Waals surface area contributed by atoms with Crippen molar-refractivity contribution in [2.45, 2.75) is 124 Å². The Bertz CT molecular complexity index is 649. The topological polar surface area (TPSA) is 20.2 Å². The summed E-state index contributed by atoms with van der Waals surface area (Å²) in [4.78, 5) is 0. The number of rotatable bonds is 6. The Balaban J connectivity index is 1.48. The molecule has 0 radical (unpaired) electrons. The van der Waals surface area contributed by atoms with Gasteiger partial charge in [-0.25, -0.2) is 0 Å². The monoisotopic (exact) mass is 414 g/mol. The van der Waals surface area contributed by atoms with Crippen LogP contribution in [0.25, 0.3) is 0 Å². The standard InChI is InChI=1S/C29H50O/c1-7-29(30,20(2)3)19-15-21(4)24-13-14-25-23-12-11-22-10-8-9-17-27(22,5)26(23)16-18-28(24,25)6/h11,20-21,23-26,30H,7-10,12-19H2,1-6H3. The van der Waals surface area contributed by atoms with Gasteiger partial charge in [-0.15, -0.1) is 0 Å². The summed E-state index contributed by atoms with van der Waals surface area (Å²) in [5, 5.41) is 11.1. The number of allylic oxidation sites excluding steroid dienone is 2. The van der Waals surface area contributed by atoms with Crippen LogP contribution >= 0.6 is 0 Å². The number of fused-ring (bicyclic) bond motifs is 5. The van der Waals surface area contributed by atoms with E-state index in [-0.39, 0.29) is 0 Å². The summed E-state index contributed by atoms with van der Waals surface area (Å²) in [6, 6.07) is 0. The molecule has 1 N–H and O–H groups in total. The van der Waals surface area contributed by atoms with E-state index in [4.69, 9.17) is 0 Å². The predicted octanol–water partition coefficient (Wildman–Crippen LogP) is 8.17. The van der Waals surface area contributed by atoms with Crippen molar-refractivity contribution in [1.82, 2.24) is 0 Å². The Morgan fingerprint density at radius 3 is 2.53 bits per heavy atom. The molecule has 0 bridgehead atoms. The van der Waals surface area contributed by atoms with Gasteiger partial charge in [0, 0.05) is 0 Å². The molecule has 3 saturated carbocycles. The zero-order valence-corrected chi connectivity index (χ0v) is 21.0. The first kappa shape index (κ1) is 22.9. The SMILES string of the molecule is CCC(O)(CCC(C)C1CCC2C3CC=C4CCCCC4(C)C3CCC12C)C(C)C. The first-order valence-electron chi connectivity index (χ1n) is 13.6. The molecule has 0 aromatic rings. The smallest absolute Gasteiger partial charge is 0.0668 e. The summed E-state index contributed by atoms with van der Waals surface area (Å²) in [6.07, 6.45) is 18.7. The summed E-state index contributed by atoms with van der Waals surface area (Å²) in [7, 11) is 0. The molecule has 0 amide bonds. The minimum atomic E-state index is -0.467. The van der Waals surface area contributed by atoms with E-state index in [1.54, 1.807) is 0 Å². The molecule has 0 aliphatic heterocycles. The third-order valence-electron chi connectivity index (χ3n) is 11.5. The summed E-state index contributed by atoms with van der Waals surface area (Å²) in [6.45, 7) is 14.4. The maximum Gasteiger partial charge on any atom is 0.0668 e. The quantitative estimate of drug-likeness (QED) is 0.434. The highest BCUT2D eigenvalue weighted by molar-refractivity contribution is 5.24. The van der Waals surface area contributed by atoms with Crippen LogP contribution in [0.3, 0.4) is 0 Å². The van der Waals surface area contributed by atoms with Crippen LogP contribution in [-0.2, 0) is 0 Å². The van der Waals surface area contributed by atoms with Crippen molar-refractivity contribution < 1.29 is 5.11 Å². The van der Waals surface area contributed by atoms with Crippen molar-refractivity contribution in [3.8, 4) is 0 Å². The van der Waals surface area contributed by atoms with Gasteiger partial charge in [-0.3, -0.25) is 0 Å². The Kier molecular flexibility index (Phi) is 6.28.